The third-order valence-corrected chi connectivity index (χ3v) is 4.19. The van der Waals surface area contributed by atoms with Gasteiger partial charge in [-0.15, -0.1) is 12.4 Å². The maximum Gasteiger partial charge on any atom is 0.349 e. The van der Waals surface area contributed by atoms with E-state index in [0.29, 0.717) is 11.1 Å². The number of nitrogens with one attached hydrogen (secondary N) is 1. The van der Waals surface area contributed by atoms with Crippen LogP contribution < -0.4 is 10.9 Å². The van der Waals surface area contributed by atoms with Crippen LogP contribution in [0.2, 0.25) is 0 Å². The highest BCUT2D eigenvalue weighted by Crippen LogP contribution is 2.20. The van der Waals surface area contributed by atoms with E-state index in [0.717, 1.165) is 24.9 Å². The molecule has 6 heteroatoms. The van der Waals surface area contributed by atoms with Gasteiger partial charge in [-0.2, -0.15) is 0 Å². The highest BCUT2D eigenvalue weighted by atomic mass is 35.5. The van der Waals surface area contributed by atoms with Crippen LogP contribution in [-0.4, -0.2) is 37.0 Å². The van der Waals surface area contributed by atoms with Crippen molar-refractivity contribution in [2.24, 2.45) is 0 Å². The summed E-state index contributed by atoms with van der Waals surface area (Å²) in [4.78, 5) is 26.5. The largest absolute Gasteiger partial charge is 0.422 e. The van der Waals surface area contributed by atoms with Crippen LogP contribution in [0.15, 0.2) is 33.5 Å². The number of carbonyl (C=O) groups excluding carboxylic acids is 1. The number of fused-ring (bicyclic) bond motifs is 1. The first-order valence-electron chi connectivity index (χ1n) is 7.10. The van der Waals surface area contributed by atoms with Crippen LogP contribution in [0.25, 0.3) is 11.0 Å². The number of aryl methyl sites for hydroxylation is 1. The van der Waals surface area contributed by atoms with Gasteiger partial charge in [0.1, 0.15) is 11.1 Å². The van der Waals surface area contributed by atoms with Crippen molar-refractivity contribution in [1.29, 1.82) is 0 Å². The number of para-hydroxylation sites is 1. The molecule has 118 valence electrons. The minimum atomic E-state index is -0.561. The predicted octanol–water partition coefficient (Wildman–Crippen LogP) is 1.96. The number of benzene rings is 1. The van der Waals surface area contributed by atoms with E-state index in [1.807, 2.05) is 18.2 Å². The van der Waals surface area contributed by atoms with E-state index < -0.39 is 5.63 Å². The monoisotopic (exact) mass is 322 g/mol. The number of amides is 1. The first-order chi connectivity index (χ1) is 10.1. The molecule has 1 aliphatic heterocycles. The molecule has 0 bridgehead atoms. The summed E-state index contributed by atoms with van der Waals surface area (Å²) < 4.78 is 5.29. The predicted molar refractivity (Wildman–Crippen MR) is 87.8 cm³/mol. The van der Waals surface area contributed by atoms with Gasteiger partial charge in [-0.25, -0.2) is 4.79 Å². The minimum absolute atomic E-state index is 0. The second kappa shape index (κ2) is 6.50. The van der Waals surface area contributed by atoms with Gasteiger partial charge < -0.3 is 14.6 Å². The van der Waals surface area contributed by atoms with E-state index in [9.17, 15) is 9.59 Å². The third kappa shape index (κ3) is 2.74. The number of carbonyl (C=O) groups is 1. The van der Waals surface area contributed by atoms with Gasteiger partial charge in [0, 0.05) is 25.0 Å². The summed E-state index contributed by atoms with van der Waals surface area (Å²) in [6.07, 6.45) is 0.903. The molecule has 0 aliphatic carbocycles. The van der Waals surface area contributed by atoms with Gasteiger partial charge in [-0.1, -0.05) is 18.2 Å². The van der Waals surface area contributed by atoms with E-state index in [4.69, 9.17) is 4.42 Å². The maximum atomic E-state index is 12.7. The molecule has 1 N–H and O–H groups in total. The van der Waals surface area contributed by atoms with Gasteiger partial charge in [0.2, 0.25) is 0 Å². The van der Waals surface area contributed by atoms with Crippen molar-refractivity contribution in [3.8, 4) is 0 Å². The van der Waals surface area contributed by atoms with Crippen molar-refractivity contribution >= 4 is 29.3 Å². The highest BCUT2D eigenvalue weighted by Gasteiger charge is 2.28. The second-order valence-corrected chi connectivity index (χ2v) is 5.45. The summed E-state index contributed by atoms with van der Waals surface area (Å²) in [5, 5.41) is 4.03. The van der Waals surface area contributed by atoms with Crippen LogP contribution in [0.5, 0.6) is 0 Å². The van der Waals surface area contributed by atoms with E-state index in [1.54, 1.807) is 24.9 Å². The number of hydrogen-bond acceptors (Lipinski definition) is 4. The Labute approximate surface area is 134 Å². The molecule has 0 saturated carbocycles. The number of nitrogens with zero attached hydrogens (tertiary/aromatic N) is 1. The van der Waals surface area contributed by atoms with Crippen LogP contribution in [0, 0.1) is 6.92 Å². The van der Waals surface area contributed by atoms with Gasteiger partial charge in [-0.05, 0) is 31.5 Å². The quantitative estimate of drug-likeness (QED) is 0.859. The zero-order valence-electron chi connectivity index (χ0n) is 12.6. The van der Waals surface area contributed by atoms with Crippen molar-refractivity contribution < 1.29 is 9.21 Å². The second-order valence-electron chi connectivity index (χ2n) is 5.45. The van der Waals surface area contributed by atoms with Crippen LogP contribution in [0.1, 0.15) is 22.3 Å². The zero-order valence-corrected chi connectivity index (χ0v) is 13.4. The van der Waals surface area contributed by atoms with Gasteiger partial charge in [0.15, 0.2) is 0 Å². The molecular weight excluding hydrogens is 304 g/mol. The smallest absolute Gasteiger partial charge is 0.349 e. The zero-order chi connectivity index (χ0) is 15.0. The minimum Gasteiger partial charge on any atom is -0.422 e. The Morgan fingerprint density at radius 1 is 1.36 bits per heavy atom. The Kier molecular flexibility index (Phi) is 4.88. The molecule has 1 fully saturated rings. The fourth-order valence-electron chi connectivity index (χ4n) is 2.86. The van der Waals surface area contributed by atoms with Crippen molar-refractivity contribution in [1.82, 2.24) is 10.2 Å². The lowest BCUT2D eigenvalue weighted by molar-refractivity contribution is 0.0739. The summed E-state index contributed by atoms with van der Waals surface area (Å²) in [6, 6.07) is 7.41. The lowest BCUT2D eigenvalue weighted by atomic mass is 10.0. The number of hydrogen-bond donors (Lipinski definition) is 1. The fraction of sp³-hybridized carbons (Fsp3) is 0.375. The molecule has 1 aromatic heterocycles. The highest BCUT2D eigenvalue weighted by molar-refractivity contribution is 5.99. The molecule has 2 aromatic rings. The Morgan fingerprint density at radius 2 is 2.09 bits per heavy atom. The molecule has 1 unspecified atom stereocenters. The van der Waals surface area contributed by atoms with E-state index in [2.05, 4.69) is 5.32 Å². The number of rotatable bonds is 2. The molecular formula is C16H19ClN2O3. The fourth-order valence-corrected chi connectivity index (χ4v) is 2.86. The molecule has 2 heterocycles. The molecule has 22 heavy (non-hydrogen) atoms. The summed E-state index contributed by atoms with van der Waals surface area (Å²) >= 11 is 0. The van der Waals surface area contributed by atoms with Crippen LogP contribution in [0.4, 0.5) is 0 Å². The van der Waals surface area contributed by atoms with Crippen molar-refractivity contribution in [2.45, 2.75) is 19.4 Å². The SMILES string of the molecule is Cc1c(C(=O)N(C)C2CCNC2)c(=O)oc2ccccc12.Cl. The van der Waals surface area contributed by atoms with Gasteiger partial charge in [-0.3, -0.25) is 4.79 Å². The van der Waals surface area contributed by atoms with Gasteiger partial charge in [0.25, 0.3) is 5.91 Å². The normalized spacial score (nSPS) is 17.3. The molecule has 1 atom stereocenters. The first kappa shape index (κ1) is 16.5. The third-order valence-electron chi connectivity index (χ3n) is 4.19. The van der Waals surface area contributed by atoms with Crippen molar-refractivity contribution in [2.75, 3.05) is 20.1 Å². The lowest BCUT2D eigenvalue weighted by Gasteiger charge is -2.24. The molecule has 1 amide bonds. The topological polar surface area (TPSA) is 62.6 Å². The maximum absolute atomic E-state index is 12.7. The van der Waals surface area contributed by atoms with E-state index in [1.165, 1.54) is 0 Å². The van der Waals surface area contributed by atoms with E-state index >= 15 is 0 Å². The molecule has 0 radical (unpaired) electrons. The van der Waals surface area contributed by atoms with Crippen molar-refractivity contribution in [3.63, 3.8) is 0 Å². The Morgan fingerprint density at radius 3 is 2.77 bits per heavy atom. The number of halogens is 1. The van der Waals surface area contributed by atoms with Crippen LogP contribution in [0.3, 0.4) is 0 Å². The standard InChI is InChI=1S/C16H18N2O3.ClH/c1-10-12-5-3-4-6-13(12)21-16(20)14(10)15(19)18(2)11-7-8-17-9-11;/h3-6,11,17H,7-9H2,1-2H3;1H. The molecule has 1 saturated heterocycles. The first-order valence-corrected chi connectivity index (χ1v) is 7.10. The Balaban J connectivity index is 0.00000176. The van der Waals surface area contributed by atoms with E-state index in [-0.39, 0.29) is 29.9 Å². The molecule has 3 rings (SSSR count). The summed E-state index contributed by atoms with van der Waals surface area (Å²) in [5.41, 5.74) is 0.781. The lowest BCUT2D eigenvalue weighted by Crippen LogP contribution is -2.40. The molecule has 1 aromatic carbocycles. The molecule has 1 aliphatic rings. The molecule has 5 nitrogen and oxygen atoms in total. The Hall–Kier alpha value is -1.85. The molecule has 0 spiro atoms. The summed E-state index contributed by atoms with van der Waals surface area (Å²) in [5.74, 6) is -0.263. The average Bonchev–Trinajstić information content (AvgIpc) is 3.00. The summed E-state index contributed by atoms with van der Waals surface area (Å²) in [6.45, 7) is 3.46. The van der Waals surface area contributed by atoms with Crippen LogP contribution in [-0.2, 0) is 0 Å². The average molecular weight is 323 g/mol. The summed E-state index contributed by atoms with van der Waals surface area (Å²) in [7, 11) is 1.74. The van der Waals surface area contributed by atoms with Crippen molar-refractivity contribution in [3.05, 3.63) is 45.8 Å². The van der Waals surface area contributed by atoms with Gasteiger partial charge in [0.05, 0.1) is 0 Å². The number of likely N-dealkylation sites (N-methyl/N-ethyl adjacent to an activating group) is 1. The van der Waals surface area contributed by atoms with Gasteiger partial charge >= 0.3 is 5.63 Å². The van der Waals surface area contributed by atoms with Crippen LogP contribution >= 0.6 is 12.4 Å². The Bertz CT molecular complexity index is 751.